The van der Waals surface area contributed by atoms with Crippen molar-refractivity contribution in [3.8, 4) is 0 Å². The van der Waals surface area contributed by atoms with Crippen molar-refractivity contribution >= 4 is 17.4 Å². The van der Waals surface area contributed by atoms with Gasteiger partial charge in [-0.3, -0.25) is 9.48 Å². The minimum Gasteiger partial charge on any atom is -0.294 e. The van der Waals surface area contributed by atoms with Crippen molar-refractivity contribution in [2.45, 2.75) is 26.7 Å². The van der Waals surface area contributed by atoms with Crippen molar-refractivity contribution in [1.29, 1.82) is 0 Å². The molecule has 0 aliphatic carbocycles. The quantitative estimate of drug-likeness (QED) is 0.801. The maximum absolute atomic E-state index is 12.1. The zero-order chi connectivity index (χ0) is 14.0. The van der Waals surface area contributed by atoms with Crippen LogP contribution in [0.1, 0.15) is 33.7 Å². The second kappa shape index (κ2) is 5.57. The van der Waals surface area contributed by atoms with Crippen LogP contribution in [-0.4, -0.2) is 15.6 Å². The van der Waals surface area contributed by atoms with Crippen LogP contribution in [0, 0.1) is 13.8 Å². The summed E-state index contributed by atoms with van der Waals surface area (Å²) in [6.45, 7) is 4.01. The third kappa shape index (κ3) is 3.04. The fourth-order valence-corrected chi connectivity index (χ4v) is 2.32. The highest BCUT2D eigenvalue weighted by molar-refractivity contribution is 6.30. The van der Waals surface area contributed by atoms with E-state index in [4.69, 9.17) is 11.6 Å². The van der Waals surface area contributed by atoms with E-state index in [-0.39, 0.29) is 5.78 Å². The lowest BCUT2D eigenvalue weighted by Crippen LogP contribution is -2.02. The molecule has 0 unspecified atom stereocenters. The predicted octanol–water partition coefficient (Wildman–Crippen LogP) is 3.51. The molecular formula is C15H17ClN2O. The molecule has 0 radical (unpaired) electrons. The van der Waals surface area contributed by atoms with E-state index in [0.29, 0.717) is 17.0 Å². The number of ketones is 1. The Hall–Kier alpha value is -1.61. The first kappa shape index (κ1) is 13.8. The molecule has 0 fully saturated rings. The second-order valence-corrected chi connectivity index (χ2v) is 5.14. The van der Waals surface area contributed by atoms with Crippen molar-refractivity contribution < 1.29 is 4.79 Å². The topological polar surface area (TPSA) is 34.9 Å². The van der Waals surface area contributed by atoms with Gasteiger partial charge in [0.1, 0.15) is 0 Å². The molecule has 2 rings (SSSR count). The van der Waals surface area contributed by atoms with Gasteiger partial charge in [0.2, 0.25) is 0 Å². The molecule has 2 aromatic rings. The highest BCUT2D eigenvalue weighted by Crippen LogP contribution is 2.16. The summed E-state index contributed by atoms with van der Waals surface area (Å²) >= 11 is 5.81. The number of halogens is 1. The van der Waals surface area contributed by atoms with E-state index in [1.54, 1.807) is 24.3 Å². The van der Waals surface area contributed by atoms with Crippen LogP contribution in [0.5, 0.6) is 0 Å². The Bertz CT molecular complexity index is 599. The first-order valence-corrected chi connectivity index (χ1v) is 6.64. The summed E-state index contributed by atoms with van der Waals surface area (Å²) in [4.78, 5) is 12.1. The molecule has 3 nitrogen and oxygen atoms in total. The molecule has 0 saturated heterocycles. The summed E-state index contributed by atoms with van der Waals surface area (Å²) in [5.74, 6) is 0.138. The number of carbonyl (C=O) groups is 1. The first-order chi connectivity index (χ1) is 8.99. The number of Topliss-reactive ketones (excluding diaryl/α,β-unsaturated/α-hetero) is 1. The summed E-state index contributed by atoms with van der Waals surface area (Å²) in [6, 6.07) is 7.03. The lowest BCUT2D eigenvalue weighted by molar-refractivity contribution is 0.0983. The molecule has 1 heterocycles. The third-order valence-electron chi connectivity index (χ3n) is 3.43. The van der Waals surface area contributed by atoms with Gasteiger partial charge in [0.25, 0.3) is 0 Å². The average Bonchev–Trinajstić information content (AvgIpc) is 2.62. The Balaban J connectivity index is 2.06. The van der Waals surface area contributed by atoms with Gasteiger partial charge in [-0.15, -0.1) is 0 Å². The van der Waals surface area contributed by atoms with Gasteiger partial charge in [0.15, 0.2) is 5.78 Å². The van der Waals surface area contributed by atoms with Crippen molar-refractivity contribution in [1.82, 2.24) is 9.78 Å². The Morgan fingerprint density at radius 3 is 2.42 bits per heavy atom. The van der Waals surface area contributed by atoms with E-state index in [0.717, 1.165) is 17.8 Å². The second-order valence-electron chi connectivity index (χ2n) is 4.70. The van der Waals surface area contributed by atoms with E-state index in [1.807, 2.05) is 25.6 Å². The molecule has 0 aliphatic rings. The number of benzene rings is 1. The van der Waals surface area contributed by atoms with Crippen LogP contribution in [0.15, 0.2) is 24.3 Å². The molecule has 0 aliphatic heterocycles. The maximum atomic E-state index is 12.1. The number of hydrogen-bond donors (Lipinski definition) is 0. The zero-order valence-electron chi connectivity index (χ0n) is 11.4. The number of aryl methyl sites for hydroxylation is 2. The molecule has 4 heteroatoms. The fourth-order valence-electron chi connectivity index (χ4n) is 2.20. The van der Waals surface area contributed by atoms with Crippen molar-refractivity contribution in [3.05, 3.63) is 51.8 Å². The summed E-state index contributed by atoms with van der Waals surface area (Å²) in [5.41, 5.74) is 4.01. The van der Waals surface area contributed by atoms with Gasteiger partial charge in [-0.05, 0) is 50.1 Å². The van der Waals surface area contributed by atoms with E-state index in [1.165, 1.54) is 5.56 Å². The van der Waals surface area contributed by atoms with Crippen molar-refractivity contribution in [3.63, 3.8) is 0 Å². The predicted molar refractivity (Wildman–Crippen MR) is 76.8 cm³/mol. The molecular weight excluding hydrogens is 260 g/mol. The molecule has 19 heavy (non-hydrogen) atoms. The van der Waals surface area contributed by atoms with Crippen molar-refractivity contribution in [2.24, 2.45) is 7.05 Å². The minimum absolute atomic E-state index is 0.138. The lowest BCUT2D eigenvalue weighted by Gasteiger charge is -2.03. The Morgan fingerprint density at radius 2 is 1.89 bits per heavy atom. The van der Waals surface area contributed by atoms with E-state index in [2.05, 4.69) is 5.10 Å². The SMILES string of the molecule is Cc1nn(C)c(C)c1CCC(=O)c1ccc(Cl)cc1. The summed E-state index contributed by atoms with van der Waals surface area (Å²) in [6.07, 6.45) is 1.22. The van der Waals surface area contributed by atoms with Gasteiger partial charge in [-0.1, -0.05) is 11.6 Å². The number of aromatic nitrogens is 2. The van der Waals surface area contributed by atoms with Crippen molar-refractivity contribution in [2.75, 3.05) is 0 Å². The van der Waals surface area contributed by atoms with Crippen LogP contribution in [0.2, 0.25) is 5.02 Å². The number of rotatable bonds is 4. The zero-order valence-corrected chi connectivity index (χ0v) is 12.2. The van der Waals surface area contributed by atoms with Crippen LogP contribution < -0.4 is 0 Å². The lowest BCUT2D eigenvalue weighted by atomic mass is 10.0. The van der Waals surface area contributed by atoms with E-state index >= 15 is 0 Å². The number of hydrogen-bond acceptors (Lipinski definition) is 2. The van der Waals surface area contributed by atoms with Gasteiger partial charge in [0.05, 0.1) is 5.69 Å². The molecule has 0 N–H and O–H groups in total. The van der Waals surface area contributed by atoms with E-state index in [9.17, 15) is 4.79 Å². The van der Waals surface area contributed by atoms with Gasteiger partial charge in [-0.2, -0.15) is 5.10 Å². The molecule has 1 aromatic carbocycles. The minimum atomic E-state index is 0.138. The third-order valence-corrected chi connectivity index (χ3v) is 3.68. The largest absolute Gasteiger partial charge is 0.294 e. The van der Waals surface area contributed by atoms with Crippen LogP contribution in [0.25, 0.3) is 0 Å². The summed E-state index contributed by atoms with van der Waals surface area (Å²) in [7, 11) is 1.92. The smallest absolute Gasteiger partial charge is 0.163 e. The van der Waals surface area contributed by atoms with E-state index < -0.39 is 0 Å². The van der Waals surface area contributed by atoms with Gasteiger partial charge < -0.3 is 0 Å². The molecule has 0 spiro atoms. The van der Waals surface area contributed by atoms with Crippen LogP contribution in [-0.2, 0) is 13.5 Å². The summed E-state index contributed by atoms with van der Waals surface area (Å²) in [5, 5.41) is 5.01. The monoisotopic (exact) mass is 276 g/mol. The van der Waals surface area contributed by atoms with Gasteiger partial charge >= 0.3 is 0 Å². The van der Waals surface area contributed by atoms with Crippen LogP contribution >= 0.6 is 11.6 Å². The number of carbonyl (C=O) groups excluding carboxylic acids is 1. The molecule has 0 amide bonds. The van der Waals surface area contributed by atoms with Crippen LogP contribution in [0.4, 0.5) is 0 Å². The molecule has 0 saturated carbocycles. The molecule has 100 valence electrons. The normalized spacial score (nSPS) is 10.7. The maximum Gasteiger partial charge on any atom is 0.163 e. The fraction of sp³-hybridized carbons (Fsp3) is 0.333. The van der Waals surface area contributed by atoms with Gasteiger partial charge in [0, 0.05) is 29.7 Å². The number of nitrogens with zero attached hydrogens (tertiary/aromatic N) is 2. The highest BCUT2D eigenvalue weighted by Gasteiger charge is 2.12. The Morgan fingerprint density at radius 1 is 1.26 bits per heavy atom. The summed E-state index contributed by atoms with van der Waals surface area (Å²) < 4.78 is 1.86. The Kier molecular flexibility index (Phi) is 4.05. The van der Waals surface area contributed by atoms with Crippen LogP contribution in [0.3, 0.4) is 0 Å². The van der Waals surface area contributed by atoms with Gasteiger partial charge in [-0.25, -0.2) is 0 Å². The average molecular weight is 277 g/mol. The Labute approximate surface area is 118 Å². The molecule has 0 atom stereocenters. The molecule has 1 aromatic heterocycles. The standard InChI is InChI=1S/C15H17ClN2O/c1-10-14(11(2)18(3)17-10)8-9-15(19)12-4-6-13(16)7-5-12/h4-7H,8-9H2,1-3H3. The highest BCUT2D eigenvalue weighted by atomic mass is 35.5. The first-order valence-electron chi connectivity index (χ1n) is 6.27. The molecule has 0 bridgehead atoms.